The first-order valence-corrected chi connectivity index (χ1v) is 4.82. The fourth-order valence-corrected chi connectivity index (χ4v) is 1.92. The van der Waals surface area contributed by atoms with E-state index in [1.54, 1.807) is 0 Å². The largest absolute Gasteiger partial charge is 0.324 e. The predicted molar refractivity (Wildman–Crippen MR) is 54.6 cm³/mol. The van der Waals surface area contributed by atoms with E-state index in [1.165, 1.54) is 5.56 Å². The van der Waals surface area contributed by atoms with Crippen LogP contribution in [0.4, 0.5) is 0 Å². The van der Waals surface area contributed by atoms with Gasteiger partial charge in [-0.25, -0.2) is 0 Å². The second kappa shape index (κ2) is 3.48. The molecule has 1 aromatic rings. The van der Waals surface area contributed by atoms with E-state index in [4.69, 9.17) is 5.73 Å². The zero-order chi connectivity index (χ0) is 9.15. The molecule has 0 unspecified atom stereocenters. The van der Waals surface area contributed by atoms with Crippen LogP contribution in [0.5, 0.6) is 0 Å². The Labute approximate surface area is 79.1 Å². The van der Waals surface area contributed by atoms with Gasteiger partial charge in [-0.2, -0.15) is 0 Å². The van der Waals surface area contributed by atoms with E-state index in [2.05, 4.69) is 29.6 Å². The summed E-state index contributed by atoms with van der Waals surface area (Å²) in [5.41, 5.74) is 7.56. The smallest absolute Gasteiger partial charge is 0.0333 e. The number of hydrogen-bond donors (Lipinski definition) is 2. The maximum Gasteiger partial charge on any atom is 0.0333 e. The maximum atomic E-state index is 6.23. The summed E-state index contributed by atoms with van der Waals surface area (Å²) in [6.45, 7) is 2.01. The molecule has 0 spiro atoms. The van der Waals surface area contributed by atoms with Crippen LogP contribution < -0.4 is 11.1 Å². The summed E-state index contributed by atoms with van der Waals surface area (Å²) in [4.78, 5) is 0. The van der Waals surface area contributed by atoms with Gasteiger partial charge in [0.05, 0.1) is 0 Å². The molecule has 2 heteroatoms. The number of nitrogens with one attached hydrogen (secondary N) is 1. The van der Waals surface area contributed by atoms with Crippen molar-refractivity contribution in [1.82, 2.24) is 5.32 Å². The lowest BCUT2D eigenvalue weighted by atomic mass is 9.91. The molecule has 0 saturated carbocycles. The third-order valence-electron chi connectivity index (χ3n) is 2.68. The first-order chi connectivity index (χ1) is 6.29. The van der Waals surface area contributed by atoms with Crippen LogP contribution >= 0.6 is 0 Å². The highest BCUT2D eigenvalue weighted by atomic mass is 15.0. The zero-order valence-electron chi connectivity index (χ0n) is 7.79. The Morgan fingerprint density at radius 2 is 2.08 bits per heavy atom. The molecule has 0 bridgehead atoms. The van der Waals surface area contributed by atoms with Crippen LogP contribution in [-0.2, 0) is 6.42 Å². The van der Waals surface area contributed by atoms with E-state index in [9.17, 15) is 0 Å². The molecule has 1 atom stereocenters. The minimum atomic E-state index is -0.0125. The van der Waals surface area contributed by atoms with Gasteiger partial charge in [-0.05, 0) is 24.9 Å². The fourth-order valence-electron chi connectivity index (χ4n) is 1.92. The zero-order valence-corrected chi connectivity index (χ0v) is 7.79. The van der Waals surface area contributed by atoms with E-state index in [0.29, 0.717) is 0 Å². The first kappa shape index (κ1) is 8.73. The average Bonchev–Trinajstić information content (AvgIpc) is 2.54. The summed E-state index contributed by atoms with van der Waals surface area (Å²) >= 11 is 0. The Hall–Kier alpha value is -0.860. The number of benzene rings is 1. The van der Waals surface area contributed by atoms with Crippen molar-refractivity contribution in [2.45, 2.75) is 18.4 Å². The van der Waals surface area contributed by atoms with Crippen LogP contribution in [0.1, 0.15) is 12.0 Å². The molecule has 13 heavy (non-hydrogen) atoms. The third kappa shape index (κ3) is 2.08. The lowest BCUT2D eigenvalue weighted by Crippen LogP contribution is -2.43. The maximum absolute atomic E-state index is 6.23. The molecular formula is C11H16N2. The summed E-state index contributed by atoms with van der Waals surface area (Å²) in [6.07, 6.45) is 2.07. The van der Waals surface area contributed by atoms with E-state index in [-0.39, 0.29) is 5.54 Å². The van der Waals surface area contributed by atoms with E-state index in [1.807, 2.05) is 6.07 Å². The molecule has 1 aromatic carbocycles. The van der Waals surface area contributed by atoms with E-state index in [0.717, 1.165) is 25.9 Å². The number of nitrogens with two attached hydrogens (primary N) is 1. The highest BCUT2D eigenvalue weighted by Crippen LogP contribution is 2.17. The van der Waals surface area contributed by atoms with Crippen LogP contribution in [0, 0.1) is 0 Å². The lowest BCUT2D eigenvalue weighted by molar-refractivity contribution is 0.465. The number of hydrogen-bond acceptors (Lipinski definition) is 2. The average molecular weight is 176 g/mol. The molecule has 70 valence electrons. The molecule has 0 aliphatic carbocycles. The van der Waals surface area contributed by atoms with Crippen LogP contribution in [-0.4, -0.2) is 18.6 Å². The summed E-state index contributed by atoms with van der Waals surface area (Å²) in [5, 5.41) is 3.31. The molecule has 1 aliphatic heterocycles. The van der Waals surface area contributed by atoms with Gasteiger partial charge in [0.15, 0.2) is 0 Å². The van der Waals surface area contributed by atoms with Crippen LogP contribution in [0.25, 0.3) is 0 Å². The van der Waals surface area contributed by atoms with Gasteiger partial charge in [0.1, 0.15) is 0 Å². The molecular weight excluding hydrogens is 160 g/mol. The molecule has 2 rings (SSSR count). The highest BCUT2D eigenvalue weighted by molar-refractivity contribution is 5.18. The van der Waals surface area contributed by atoms with Gasteiger partial charge in [0.2, 0.25) is 0 Å². The summed E-state index contributed by atoms with van der Waals surface area (Å²) < 4.78 is 0. The monoisotopic (exact) mass is 176 g/mol. The van der Waals surface area contributed by atoms with Gasteiger partial charge >= 0.3 is 0 Å². The quantitative estimate of drug-likeness (QED) is 0.703. The van der Waals surface area contributed by atoms with Gasteiger partial charge in [-0.3, -0.25) is 0 Å². The molecule has 1 heterocycles. The first-order valence-electron chi connectivity index (χ1n) is 4.82. The summed E-state index contributed by atoms with van der Waals surface area (Å²) in [7, 11) is 0. The Kier molecular flexibility index (Phi) is 2.34. The molecule has 1 fully saturated rings. The van der Waals surface area contributed by atoms with Crippen LogP contribution in [0.3, 0.4) is 0 Å². The Morgan fingerprint density at radius 1 is 1.31 bits per heavy atom. The van der Waals surface area contributed by atoms with Crippen molar-refractivity contribution in [2.24, 2.45) is 5.73 Å². The van der Waals surface area contributed by atoms with Crippen LogP contribution in [0.2, 0.25) is 0 Å². The van der Waals surface area contributed by atoms with Gasteiger partial charge in [0.25, 0.3) is 0 Å². The Bertz CT molecular complexity index is 263. The van der Waals surface area contributed by atoms with Crippen molar-refractivity contribution in [3.63, 3.8) is 0 Å². The lowest BCUT2D eigenvalue weighted by Gasteiger charge is -2.22. The van der Waals surface area contributed by atoms with Crippen molar-refractivity contribution < 1.29 is 0 Å². The topological polar surface area (TPSA) is 38.0 Å². The molecule has 0 radical (unpaired) electrons. The fraction of sp³-hybridized carbons (Fsp3) is 0.455. The van der Waals surface area contributed by atoms with Gasteiger partial charge in [-0.15, -0.1) is 0 Å². The third-order valence-corrected chi connectivity index (χ3v) is 2.68. The van der Waals surface area contributed by atoms with Gasteiger partial charge in [0, 0.05) is 12.1 Å². The van der Waals surface area contributed by atoms with Crippen molar-refractivity contribution in [3.8, 4) is 0 Å². The highest BCUT2D eigenvalue weighted by Gasteiger charge is 2.28. The van der Waals surface area contributed by atoms with E-state index < -0.39 is 0 Å². The normalized spacial score (nSPS) is 27.8. The summed E-state index contributed by atoms with van der Waals surface area (Å²) in [5.74, 6) is 0. The van der Waals surface area contributed by atoms with Crippen LogP contribution in [0.15, 0.2) is 30.3 Å². The SMILES string of the molecule is N[C@@]1(Cc2ccccc2)CCNC1. The van der Waals surface area contributed by atoms with Gasteiger partial charge < -0.3 is 11.1 Å². The standard InChI is InChI=1S/C11H16N2/c12-11(6-7-13-9-11)8-10-4-2-1-3-5-10/h1-5,13H,6-9,12H2/t11-/m1/s1. The second-order valence-electron chi connectivity index (χ2n) is 3.95. The van der Waals surface area contributed by atoms with Crippen molar-refractivity contribution in [1.29, 1.82) is 0 Å². The molecule has 0 amide bonds. The number of rotatable bonds is 2. The molecule has 3 N–H and O–H groups in total. The van der Waals surface area contributed by atoms with Gasteiger partial charge in [-0.1, -0.05) is 30.3 Å². The predicted octanol–water partition coefficient (Wildman–Crippen LogP) is 0.920. The Balaban J connectivity index is 2.05. The summed E-state index contributed by atoms with van der Waals surface area (Å²) in [6, 6.07) is 10.5. The molecule has 0 aromatic heterocycles. The minimum Gasteiger partial charge on any atom is -0.324 e. The molecule has 1 aliphatic rings. The Morgan fingerprint density at radius 3 is 2.69 bits per heavy atom. The molecule has 2 nitrogen and oxygen atoms in total. The van der Waals surface area contributed by atoms with E-state index >= 15 is 0 Å². The van der Waals surface area contributed by atoms with Crippen molar-refractivity contribution in [2.75, 3.05) is 13.1 Å². The van der Waals surface area contributed by atoms with Crippen molar-refractivity contribution in [3.05, 3.63) is 35.9 Å². The van der Waals surface area contributed by atoms with Crippen molar-refractivity contribution >= 4 is 0 Å². The molecule has 1 saturated heterocycles. The minimum absolute atomic E-state index is 0.0125. The second-order valence-corrected chi connectivity index (χ2v) is 3.95.